The number of ether oxygens (including phenoxy) is 2. The van der Waals surface area contributed by atoms with E-state index in [4.69, 9.17) is 9.47 Å². The average molecular weight is 213 g/mol. The van der Waals surface area contributed by atoms with Gasteiger partial charge in [0.25, 0.3) is 0 Å². The van der Waals surface area contributed by atoms with Crippen molar-refractivity contribution < 1.29 is 14.3 Å². The normalized spacial score (nSPS) is 30.3. The van der Waals surface area contributed by atoms with Crippen LogP contribution < -0.4 is 0 Å². The van der Waals surface area contributed by atoms with E-state index in [0.717, 1.165) is 39.1 Å². The molecule has 0 aromatic carbocycles. The van der Waals surface area contributed by atoms with Gasteiger partial charge in [-0.3, -0.25) is 4.79 Å². The number of nitrogens with zero attached hydrogens (tertiary/aromatic N) is 1. The van der Waals surface area contributed by atoms with E-state index in [9.17, 15) is 4.79 Å². The molecule has 2 aliphatic heterocycles. The quantitative estimate of drug-likeness (QED) is 0.691. The second-order valence-corrected chi connectivity index (χ2v) is 4.61. The SMILES string of the molecule is COCCC(=O)N1CCC2(CCOC2)C1. The molecule has 0 aliphatic carbocycles. The molecule has 0 saturated carbocycles. The van der Waals surface area contributed by atoms with Crippen LogP contribution in [-0.4, -0.2) is 50.8 Å². The van der Waals surface area contributed by atoms with Crippen LogP contribution in [0.2, 0.25) is 0 Å². The van der Waals surface area contributed by atoms with E-state index < -0.39 is 0 Å². The van der Waals surface area contributed by atoms with Gasteiger partial charge < -0.3 is 14.4 Å². The van der Waals surface area contributed by atoms with E-state index >= 15 is 0 Å². The number of likely N-dealkylation sites (tertiary alicyclic amines) is 1. The molecular formula is C11H19NO3. The second kappa shape index (κ2) is 4.49. The topological polar surface area (TPSA) is 38.8 Å². The summed E-state index contributed by atoms with van der Waals surface area (Å²) in [6.45, 7) is 4.00. The summed E-state index contributed by atoms with van der Waals surface area (Å²) in [5.74, 6) is 0.223. The third-order valence-electron chi connectivity index (χ3n) is 3.50. The van der Waals surface area contributed by atoms with Crippen LogP contribution in [0.3, 0.4) is 0 Å². The van der Waals surface area contributed by atoms with Crippen molar-refractivity contribution in [1.29, 1.82) is 0 Å². The zero-order chi connectivity index (χ0) is 10.7. The van der Waals surface area contributed by atoms with Gasteiger partial charge in [0.2, 0.25) is 5.91 Å². The fourth-order valence-corrected chi connectivity index (χ4v) is 2.47. The molecular weight excluding hydrogens is 194 g/mol. The first kappa shape index (κ1) is 10.9. The van der Waals surface area contributed by atoms with E-state index in [1.54, 1.807) is 7.11 Å². The van der Waals surface area contributed by atoms with Gasteiger partial charge in [-0.2, -0.15) is 0 Å². The van der Waals surface area contributed by atoms with Crippen LogP contribution in [0.25, 0.3) is 0 Å². The summed E-state index contributed by atoms with van der Waals surface area (Å²) in [7, 11) is 1.63. The molecule has 0 aromatic rings. The van der Waals surface area contributed by atoms with Gasteiger partial charge in [-0.1, -0.05) is 0 Å². The number of carbonyl (C=O) groups is 1. The van der Waals surface area contributed by atoms with Gasteiger partial charge >= 0.3 is 0 Å². The first-order chi connectivity index (χ1) is 7.26. The highest BCUT2D eigenvalue weighted by Crippen LogP contribution is 2.38. The monoisotopic (exact) mass is 213 g/mol. The molecule has 2 fully saturated rings. The summed E-state index contributed by atoms with van der Waals surface area (Å²) in [5, 5.41) is 0. The van der Waals surface area contributed by atoms with Crippen molar-refractivity contribution in [1.82, 2.24) is 4.90 Å². The Morgan fingerprint density at radius 3 is 3.07 bits per heavy atom. The van der Waals surface area contributed by atoms with Crippen LogP contribution in [0.15, 0.2) is 0 Å². The molecule has 0 aromatic heterocycles. The van der Waals surface area contributed by atoms with Crippen LogP contribution >= 0.6 is 0 Å². The first-order valence-electron chi connectivity index (χ1n) is 5.60. The lowest BCUT2D eigenvalue weighted by Gasteiger charge is -2.21. The summed E-state index contributed by atoms with van der Waals surface area (Å²) in [6, 6.07) is 0. The van der Waals surface area contributed by atoms with Crippen molar-refractivity contribution >= 4 is 5.91 Å². The Labute approximate surface area is 90.5 Å². The Morgan fingerprint density at radius 2 is 2.40 bits per heavy atom. The lowest BCUT2D eigenvalue weighted by Crippen LogP contribution is -2.32. The molecule has 1 atom stereocenters. The number of hydrogen-bond donors (Lipinski definition) is 0. The highest BCUT2D eigenvalue weighted by Gasteiger charge is 2.42. The molecule has 2 heterocycles. The van der Waals surface area contributed by atoms with Gasteiger partial charge in [0.15, 0.2) is 0 Å². The summed E-state index contributed by atoms with van der Waals surface area (Å²) in [6.07, 6.45) is 2.72. The summed E-state index contributed by atoms with van der Waals surface area (Å²) < 4.78 is 10.3. The molecule has 86 valence electrons. The molecule has 2 aliphatic rings. The molecule has 0 N–H and O–H groups in total. The standard InChI is InChI=1S/C11H19NO3/c1-14-6-2-10(13)12-5-3-11(8-12)4-7-15-9-11/h2-9H2,1H3. The van der Waals surface area contributed by atoms with Crippen LogP contribution in [-0.2, 0) is 14.3 Å². The second-order valence-electron chi connectivity index (χ2n) is 4.61. The minimum Gasteiger partial charge on any atom is -0.384 e. The van der Waals surface area contributed by atoms with Crippen LogP contribution in [0, 0.1) is 5.41 Å². The van der Waals surface area contributed by atoms with Crippen molar-refractivity contribution in [3.8, 4) is 0 Å². The van der Waals surface area contributed by atoms with Gasteiger partial charge in [0.05, 0.1) is 19.6 Å². The molecule has 0 radical (unpaired) electrons. The van der Waals surface area contributed by atoms with Gasteiger partial charge in [-0.05, 0) is 12.8 Å². The fraction of sp³-hybridized carbons (Fsp3) is 0.909. The Hall–Kier alpha value is -0.610. The van der Waals surface area contributed by atoms with Crippen molar-refractivity contribution in [2.45, 2.75) is 19.3 Å². The predicted molar refractivity (Wildman–Crippen MR) is 55.6 cm³/mol. The first-order valence-corrected chi connectivity index (χ1v) is 5.60. The van der Waals surface area contributed by atoms with E-state index in [0.29, 0.717) is 13.0 Å². The number of rotatable bonds is 3. The van der Waals surface area contributed by atoms with Crippen molar-refractivity contribution in [2.75, 3.05) is 40.0 Å². The molecule has 2 saturated heterocycles. The Bertz CT molecular complexity index is 236. The lowest BCUT2D eigenvalue weighted by atomic mass is 9.87. The molecule has 15 heavy (non-hydrogen) atoms. The van der Waals surface area contributed by atoms with Crippen molar-refractivity contribution in [3.63, 3.8) is 0 Å². The highest BCUT2D eigenvalue weighted by atomic mass is 16.5. The third kappa shape index (κ3) is 2.32. The number of amides is 1. The predicted octanol–water partition coefficient (Wildman–Crippen LogP) is 0.662. The minimum atomic E-state index is 0.223. The molecule has 1 amide bonds. The van der Waals surface area contributed by atoms with Crippen molar-refractivity contribution in [3.05, 3.63) is 0 Å². The van der Waals surface area contributed by atoms with Gasteiger partial charge in [0, 0.05) is 32.2 Å². The average Bonchev–Trinajstić information content (AvgIpc) is 2.86. The maximum absolute atomic E-state index is 11.7. The minimum absolute atomic E-state index is 0.223. The van der Waals surface area contributed by atoms with Crippen LogP contribution in [0.4, 0.5) is 0 Å². The molecule has 2 rings (SSSR count). The van der Waals surface area contributed by atoms with E-state index in [-0.39, 0.29) is 11.3 Å². The number of carbonyl (C=O) groups excluding carboxylic acids is 1. The summed E-state index contributed by atoms with van der Waals surface area (Å²) in [4.78, 5) is 13.7. The van der Waals surface area contributed by atoms with Gasteiger partial charge in [0.1, 0.15) is 0 Å². The highest BCUT2D eigenvalue weighted by molar-refractivity contribution is 5.76. The maximum atomic E-state index is 11.7. The van der Waals surface area contributed by atoms with Crippen LogP contribution in [0.5, 0.6) is 0 Å². The number of methoxy groups -OCH3 is 1. The molecule has 1 spiro atoms. The molecule has 0 bridgehead atoms. The zero-order valence-electron chi connectivity index (χ0n) is 9.33. The maximum Gasteiger partial charge on any atom is 0.224 e. The molecule has 4 nitrogen and oxygen atoms in total. The van der Waals surface area contributed by atoms with E-state index in [2.05, 4.69) is 0 Å². The fourth-order valence-electron chi connectivity index (χ4n) is 2.47. The lowest BCUT2D eigenvalue weighted by molar-refractivity contribution is -0.131. The largest absolute Gasteiger partial charge is 0.384 e. The van der Waals surface area contributed by atoms with Gasteiger partial charge in [-0.25, -0.2) is 0 Å². The van der Waals surface area contributed by atoms with E-state index in [1.165, 1.54) is 0 Å². The third-order valence-corrected chi connectivity index (χ3v) is 3.50. The summed E-state index contributed by atoms with van der Waals surface area (Å²) in [5.41, 5.74) is 0.280. The van der Waals surface area contributed by atoms with Gasteiger partial charge in [-0.15, -0.1) is 0 Å². The number of hydrogen-bond acceptors (Lipinski definition) is 3. The zero-order valence-corrected chi connectivity index (χ0v) is 9.33. The smallest absolute Gasteiger partial charge is 0.224 e. The van der Waals surface area contributed by atoms with E-state index in [1.807, 2.05) is 4.90 Å². The van der Waals surface area contributed by atoms with Crippen LogP contribution in [0.1, 0.15) is 19.3 Å². The molecule has 4 heteroatoms. The summed E-state index contributed by atoms with van der Waals surface area (Å²) >= 11 is 0. The Kier molecular flexibility index (Phi) is 3.26. The van der Waals surface area contributed by atoms with Crippen molar-refractivity contribution in [2.24, 2.45) is 5.41 Å². The Balaban J connectivity index is 1.83. The Morgan fingerprint density at radius 1 is 1.53 bits per heavy atom. The molecule has 1 unspecified atom stereocenters.